The van der Waals surface area contributed by atoms with E-state index in [4.69, 9.17) is 14.7 Å². The molecule has 1 saturated carbocycles. The molecule has 0 radical (unpaired) electrons. The van der Waals surface area contributed by atoms with Crippen LogP contribution in [0.5, 0.6) is 0 Å². The number of ether oxygens (including phenoxy) is 2. The molecule has 6 heteroatoms. The second kappa shape index (κ2) is 7.21. The summed E-state index contributed by atoms with van der Waals surface area (Å²) in [5, 5.41) is 29.4. The zero-order valence-corrected chi connectivity index (χ0v) is 13.1. The van der Waals surface area contributed by atoms with Gasteiger partial charge in [-0.3, -0.25) is 4.79 Å². The summed E-state index contributed by atoms with van der Waals surface area (Å²) in [6.07, 6.45) is -1.76. The van der Waals surface area contributed by atoms with Gasteiger partial charge in [-0.15, -0.1) is 0 Å². The topological polar surface area (TPSA) is 99.8 Å². The Bertz CT molecular complexity index is 398. The molecule has 0 heterocycles. The average Bonchev–Trinajstić information content (AvgIpc) is 2.65. The fourth-order valence-electron chi connectivity index (χ4n) is 2.57. The Morgan fingerprint density at radius 1 is 1.38 bits per heavy atom. The quantitative estimate of drug-likeness (QED) is 0.730. The maximum Gasteiger partial charge on any atom is 0.323 e. The molecule has 1 rings (SSSR count). The molecule has 120 valence electrons. The highest BCUT2D eigenvalue weighted by Crippen LogP contribution is 2.37. The highest BCUT2D eigenvalue weighted by atomic mass is 16.5. The number of nitriles is 1. The molecule has 0 spiro atoms. The monoisotopic (exact) mass is 299 g/mol. The predicted octanol–water partition coefficient (Wildman–Crippen LogP) is 0.862. The first kappa shape index (κ1) is 17.9. The van der Waals surface area contributed by atoms with Gasteiger partial charge in [-0.2, -0.15) is 5.26 Å². The van der Waals surface area contributed by atoms with Crippen LogP contribution in [-0.2, 0) is 14.3 Å². The van der Waals surface area contributed by atoms with Gasteiger partial charge in [-0.05, 0) is 34.1 Å². The number of nitrogens with zero attached hydrogens (tertiary/aromatic N) is 1. The van der Waals surface area contributed by atoms with Crippen LogP contribution < -0.4 is 0 Å². The number of aliphatic hydroxyl groups excluding tert-OH is 2. The molecule has 6 nitrogen and oxygen atoms in total. The first-order valence-corrected chi connectivity index (χ1v) is 7.27. The van der Waals surface area contributed by atoms with Crippen molar-refractivity contribution in [1.29, 1.82) is 5.26 Å². The molecule has 0 aromatic rings. The van der Waals surface area contributed by atoms with E-state index in [1.165, 1.54) is 0 Å². The lowest BCUT2D eigenvalue weighted by Crippen LogP contribution is -2.35. The molecule has 0 amide bonds. The Hall–Kier alpha value is -1.16. The lowest BCUT2D eigenvalue weighted by molar-refractivity contribution is -0.149. The third kappa shape index (κ3) is 4.67. The van der Waals surface area contributed by atoms with Crippen molar-refractivity contribution in [2.45, 2.75) is 51.9 Å². The van der Waals surface area contributed by atoms with E-state index < -0.39 is 30.0 Å². The molecule has 2 N–H and O–H groups in total. The Morgan fingerprint density at radius 2 is 2.00 bits per heavy atom. The van der Waals surface area contributed by atoms with Crippen LogP contribution >= 0.6 is 0 Å². The van der Waals surface area contributed by atoms with Crippen LogP contribution in [0.2, 0.25) is 0 Å². The summed E-state index contributed by atoms with van der Waals surface area (Å²) in [6, 6.07) is 1.89. The molecule has 1 unspecified atom stereocenters. The van der Waals surface area contributed by atoms with E-state index in [9.17, 15) is 15.0 Å². The molecule has 1 fully saturated rings. The molecular weight excluding hydrogens is 274 g/mol. The zero-order valence-electron chi connectivity index (χ0n) is 13.1. The van der Waals surface area contributed by atoms with Crippen molar-refractivity contribution in [2.24, 2.45) is 17.8 Å². The summed E-state index contributed by atoms with van der Waals surface area (Å²) in [7, 11) is 0. The van der Waals surface area contributed by atoms with Crippen LogP contribution in [0.15, 0.2) is 0 Å². The van der Waals surface area contributed by atoms with E-state index in [-0.39, 0.29) is 24.7 Å². The van der Waals surface area contributed by atoms with E-state index in [0.717, 1.165) is 0 Å². The van der Waals surface area contributed by atoms with Crippen molar-refractivity contribution in [2.75, 3.05) is 13.2 Å². The average molecular weight is 299 g/mol. The molecule has 0 aromatic carbocycles. The molecule has 21 heavy (non-hydrogen) atoms. The first-order chi connectivity index (χ1) is 9.71. The van der Waals surface area contributed by atoms with Crippen molar-refractivity contribution in [3.05, 3.63) is 0 Å². The van der Waals surface area contributed by atoms with Crippen LogP contribution in [-0.4, -0.2) is 47.2 Å². The Morgan fingerprint density at radius 3 is 2.48 bits per heavy atom. The van der Waals surface area contributed by atoms with Gasteiger partial charge in [-0.1, -0.05) is 0 Å². The molecule has 0 aliphatic heterocycles. The minimum atomic E-state index is -1.12. The number of esters is 1. The first-order valence-electron chi connectivity index (χ1n) is 7.27. The van der Waals surface area contributed by atoms with E-state index in [0.29, 0.717) is 6.42 Å². The number of carbonyl (C=O) groups excluding carboxylic acids is 1. The highest BCUT2D eigenvalue weighted by molar-refractivity contribution is 5.75. The number of carbonyl (C=O) groups is 1. The Kier molecular flexibility index (Phi) is 6.14. The normalized spacial score (nSPS) is 30.7. The van der Waals surface area contributed by atoms with Crippen molar-refractivity contribution >= 4 is 5.97 Å². The largest absolute Gasteiger partial charge is 0.465 e. The van der Waals surface area contributed by atoms with Gasteiger partial charge in [0, 0.05) is 11.8 Å². The summed E-state index contributed by atoms with van der Waals surface area (Å²) in [4.78, 5) is 11.8. The van der Waals surface area contributed by atoms with Gasteiger partial charge in [-0.25, -0.2) is 0 Å². The SMILES string of the molecule is CCOC(=O)C(C#N)[C@@H]1C[C@H](COC(C)(C)C)[C@@H](O)[C@H]1O. The molecule has 1 aliphatic carbocycles. The van der Waals surface area contributed by atoms with Crippen LogP contribution in [0.1, 0.15) is 34.1 Å². The van der Waals surface area contributed by atoms with E-state index in [2.05, 4.69) is 0 Å². The van der Waals surface area contributed by atoms with Crippen LogP contribution in [0.4, 0.5) is 0 Å². The standard InChI is InChI=1S/C15H25NO5/c1-5-20-14(19)11(7-16)10-6-9(12(17)13(10)18)8-21-15(2,3)4/h9-13,17-18H,5-6,8H2,1-4H3/t9-,10+,11?,12-,13+/m1/s1. The lowest BCUT2D eigenvalue weighted by atomic mass is 9.89. The number of hydrogen-bond donors (Lipinski definition) is 2. The second-order valence-electron chi connectivity index (χ2n) is 6.42. The van der Waals surface area contributed by atoms with E-state index >= 15 is 0 Å². The van der Waals surface area contributed by atoms with Gasteiger partial charge in [0.2, 0.25) is 0 Å². The molecule has 0 aromatic heterocycles. The summed E-state index contributed by atoms with van der Waals surface area (Å²) < 4.78 is 10.5. The molecule has 0 saturated heterocycles. The fourth-order valence-corrected chi connectivity index (χ4v) is 2.57. The van der Waals surface area contributed by atoms with E-state index in [1.807, 2.05) is 26.8 Å². The molecule has 0 bridgehead atoms. The maximum absolute atomic E-state index is 11.8. The van der Waals surface area contributed by atoms with Gasteiger partial charge < -0.3 is 19.7 Å². The number of rotatable bonds is 5. The Balaban J connectivity index is 2.73. The minimum absolute atomic E-state index is 0.180. The second-order valence-corrected chi connectivity index (χ2v) is 6.42. The minimum Gasteiger partial charge on any atom is -0.465 e. The number of aliphatic hydroxyl groups is 2. The zero-order chi connectivity index (χ0) is 16.2. The molecular formula is C15H25NO5. The van der Waals surface area contributed by atoms with Crippen molar-refractivity contribution < 1.29 is 24.5 Å². The van der Waals surface area contributed by atoms with Gasteiger partial charge in [0.15, 0.2) is 0 Å². The van der Waals surface area contributed by atoms with Gasteiger partial charge in [0.25, 0.3) is 0 Å². The third-order valence-corrected chi connectivity index (χ3v) is 3.68. The summed E-state index contributed by atoms with van der Waals surface area (Å²) in [5.74, 6) is -2.63. The van der Waals surface area contributed by atoms with Gasteiger partial charge >= 0.3 is 5.97 Å². The lowest BCUT2D eigenvalue weighted by Gasteiger charge is -2.24. The van der Waals surface area contributed by atoms with Crippen molar-refractivity contribution in [3.8, 4) is 6.07 Å². The summed E-state index contributed by atoms with van der Waals surface area (Å²) >= 11 is 0. The van der Waals surface area contributed by atoms with E-state index in [1.54, 1.807) is 6.92 Å². The molecule has 1 aliphatic rings. The smallest absolute Gasteiger partial charge is 0.323 e. The highest BCUT2D eigenvalue weighted by Gasteiger charge is 2.47. The van der Waals surface area contributed by atoms with Crippen LogP contribution in [0.3, 0.4) is 0 Å². The summed E-state index contributed by atoms with van der Waals surface area (Å²) in [5.41, 5.74) is -0.349. The van der Waals surface area contributed by atoms with Crippen molar-refractivity contribution in [1.82, 2.24) is 0 Å². The van der Waals surface area contributed by atoms with Gasteiger partial charge in [0.1, 0.15) is 5.92 Å². The number of hydrogen-bond acceptors (Lipinski definition) is 6. The fraction of sp³-hybridized carbons (Fsp3) is 0.867. The summed E-state index contributed by atoms with van der Waals surface area (Å²) in [6.45, 7) is 7.82. The van der Waals surface area contributed by atoms with Gasteiger partial charge in [0.05, 0.1) is 37.1 Å². The predicted molar refractivity (Wildman–Crippen MR) is 75.1 cm³/mol. The third-order valence-electron chi connectivity index (χ3n) is 3.68. The molecule has 5 atom stereocenters. The maximum atomic E-state index is 11.8. The van der Waals surface area contributed by atoms with Crippen LogP contribution in [0, 0.1) is 29.1 Å². The Labute approximate surface area is 125 Å². The van der Waals surface area contributed by atoms with Crippen LogP contribution in [0.25, 0.3) is 0 Å². The van der Waals surface area contributed by atoms with Crippen molar-refractivity contribution in [3.63, 3.8) is 0 Å².